The van der Waals surface area contributed by atoms with Crippen molar-refractivity contribution in [1.29, 1.82) is 0 Å². The molecule has 10 heteroatoms. The molecule has 2 aromatic carbocycles. The molecule has 0 aromatic heterocycles. The van der Waals surface area contributed by atoms with Crippen LogP contribution in [0, 0.1) is 30.3 Å². The second kappa shape index (κ2) is 11.0. The summed E-state index contributed by atoms with van der Waals surface area (Å²) < 4.78 is 66.8. The number of alkyl halides is 2. The molecule has 4 saturated carbocycles. The van der Waals surface area contributed by atoms with E-state index < -0.39 is 39.0 Å². The maximum atomic E-state index is 14.0. The summed E-state index contributed by atoms with van der Waals surface area (Å²) in [5, 5.41) is 6.30. The molecule has 43 heavy (non-hydrogen) atoms. The van der Waals surface area contributed by atoms with Crippen LogP contribution >= 0.6 is 0 Å². The van der Waals surface area contributed by atoms with E-state index in [9.17, 15) is 27.1 Å². The van der Waals surface area contributed by atoms with Gasteiger partial charge in [0.1, 0.15) is 0 Å². The number of hydrogen-bond acceptors (Lipinski definition) is 5. The molecular formula is C33H42F2IO6S-. The van der Waals surface area contributed by atoms with Crippen molar-refractivity contribution in [1.82, 2.24) is 0 Å². The number of halogens is 3. The predicted octanol–water partition coefficient (Wildman–Crippen LogP) is 3.36. The second-order valence-electron chi connectivity index (χ2n) is 14.9. The topological polar surface area (TPSA) is 101 Å². The van der Waals surface area contributed by atoms with Gasteiger partial charge in [-0.05, 0) is 0 Å². The zero-order chi connectivity index (χ0) is 31.6. The van der Waals surface area contributed by atoms with E-state index in [4.69, 9.17) is 9.29 Å². The number of aliphatic hydroxyl groups is 1. The first-order chi connectivity index (χ1) is 19.7. The Hall–Kier alpha value is -1.63. The molecule has 2 aromatic rings. The van der Waals surface area contributed by atoms with Gasteiger partial charge in [-0.15, -0.1) is 0 Å². The minimum absolute atomic E-state index is 0.0140. The summed E-state index contributed by atoms with van der Waals surface area (Å²) in [6.45, 7) is 10.5. The molecule has 6 nitrogen and oxygen atoms in total. The van der Waals surface area contributed by atoms with E-state index in [0.29, 0.717) is 32.1 Å². The van der Waals surface area contributed by atoms with Crippen LogP contribution in [0.3, 0.4) is 0 Å². The molecule has 0 aliphatic heterocycles. The molecule has 0 heterocycles. The zero-order valence-corrected chi connectivity index (χ0v) is 28.3. The van der Waals surface area contributed by atoms with Gasteiger partial charge in [-0.2, -0.15) is 17.2 Å². The summed E-state index contributed by atoms with van der Waals surface area (Å²) in [5.74, 6) is -1.95. The van der Waals surface area contributed by atoms with Crippen molar-refractivity contribution >= 4 is 16.1 Å². The number of ether oxygens (including phenoxy) is 1. The quantitative estimate of drug-likeness (QED) is 0.233. The van der Waals surface area contributed by atoms with Crippen LogP contribution in [0.25, 0.3) is 0 Å². The molecule has 4 fully saturated rings. The van der Waals surface area contributed by atoms with Gasteiger partial charge >= 0.3 is 243 Å². The molecule has 238 valence electrons. The molecular weight excluding hydrogens is 689 g/mol. The van der Waals surface area contributed by atoms with E-state index in [-0.39, 0.29) is 49.8 Å². The Morgan fingerprint density at radius 2 is 1.51 bits per heavy atom. The van der Waals surface area contributed by atoms with Gasteiger partial charge in [-0.25, -0.2) is 0 Å². The summed E-state index contributed by atoms with van der Waals surface area (Å²) >= 11 is -0.339. The number of benzene rings is 2. The number of rotatable bonds is 9. The van der Waals surface area contributed by atoms with Gasteiger partial charge in [0.2, 0.25) is 0 Å². The zero-order valence-electron chi connectivity index (χ0n) is 25.4. The Labute approximate surface area is 264 Å². The van der Waals surface area contributed by atoms with Crippen LogP contribution in [0.2, 0.25) is 0 Å². The van der Waals surface area contributed by atoms with E-state index in [1.54, 1.807) is 0 Å². The fourth-order valence-corrected chi connectivity index (χ4v) is 10.6. The number of hydrogen-bond donors (Lipinski definition) is 2. The Bertz CT molecular complexity index is 1470. The van der Waals surface area contributed by atoms with Gasteiger partial charge < -0.3 is 0 Å². The molecule has 0 saturated heterocycles. The van der Waals surface area contributed by atoms with E-state index in [0.717, 1.165) is 12.0 Å². The van der Waals surface area contributed by atoms with Crippen molar-refractivity contribution < 1.29 is 57.6 Å². The summed E-state index contributed by atoms with van der Waals surface area (Å²) in [6.07, 6.45) is 3.83. The fraction of sp³-hybridized carbons (Fsp3) is 0.606. The molecule has 0 radical (unpaired) electrons. The van der Waals surface area contributed by atoms with Crippen LogP contribution < -0.4 is 21.2 Å². The minimum atomic E-state index is -5.96. The third-order valence-corrected chi connectivity index (χ3v) is 13.5. The first-order valence-electron chi connectivity index (χ1n) is 14.8. The molecule has 0 spiro atoms. The molecule has 4 aliphatic rings. The third-order valence-electron chi connectivity index (χ3n) is 10.0. The van der Waals surface area contributed by atoms with Gasteiger partial charge in [0, 0.05) is 0 Å². The molecule has 0 amide bonds. The van der Waals surface area contributed by atoms with Crippen molar-refractivity contribution in [3.8, 4) is 0 Å². The Morgan fingerprint density at radius 3 is 2.02 bits per heavy atom. The summed E-state index contributed by atoms with van der Waals surface area (Å²) in [6, 6.07) is 17.6. The van der Waals surface area contributed by atoms with Gasteiger partial charge in [0.05, 0.1) is 0 Å². The van der Waals surface area contributed by atoms with Crippen LogP contribution in [0.5, 0.6) is 0 Å². The molecule has 4 bridgehead atoms. The van der Waals surface area contributed by atoms with Gasteiger partial charge in [-0.1, -0.05) is 0 Å². The number of carbonyl (C=O) groups excluding carboxylic acids is 1. The fourth-order valence-electron chi connectivity index (χ4n) is 8.16. The Balaban J connectivity index is 1.33. The first kappa shape index (κ1) is 32.8. The summed E-state index contributed by atoms with van der Waals surface area (Å²) in [5.41, 5.74) is 0.607. The van der Waals surface area contributed by atoms with Crippen LogP contribution in [0.4, 0.5) is 8.78 Å². The first-order valence-corrected chi connectivity index (χ1v) is 18.4. The van der Waals surface area contributed by atoms with E-state index >= 15 is 0 Å². The number of carbonyl (C=O) groups is 1. The third kappa shape index (κ3) is 6.53. The van der Waals surface area contributed by atoms with E-state index in [2.05, 4.69) is 83.1 Å². The predicted molar refractivity (Wildman–Crippen MR) is 155 cm³/mol. The van der Waals surface area contributed by atoms with Crippen molar-refractivity contribution in [2.45, 2.75) is 94.8 Å². The van der Waals surface area contributed by atoms with Crippen LogP contribution in [-0.4, -0.2) is 41.5 Å². The van der Waals surface area contributed by atoms with Gasteiger partial charge in [0.15, 0.2) is 0 Å². The monoisotopic (exact) mass is 731 g/mol. The normalized spacial score (nSPS) is 29.2. The Kier molecular flexibility index (Phi) is 8.39. The molecule has 2 N–H and O–H groups in total. The van der Waals surface area contributed by atoms with Gasteiger partial charge in [0.25, 0.3) is 0 Å². The van der Waals surface area contributed by atoms with Crippen molar-refractivity contribution in [2.75, 3.05) is 6.61 Å². The van der Waals surface area contributed by atoms with Crippen LogP contribution in [-0.2, 0) is 30.5 Å². The standard InChI is InChI=1S/C33H42F2IO6S/c1-29(2,3)23-6-10-25(11-7-23)36-26-12-8-24(9-13-26)30(4,5)18-27-22-14-21-15-31(27,19-32(38,16-21)17-22)20-42-28(37)33(34,35)43(39,40)41/h6-13,21-22,27,38H,14-20H2,1-5H3,(H,39,40,41)/q-1. The van der Waals surface area contributed by atoms with E-state index in [1.807, 2.05) is 0 Å². The van der Waals surface area contributed by atoms with Gasteiger partial charge in [-0.3, -0.25) is 4.55 Å². The van der Waals surface area contributed by atoms with Crippen molar-refractivity contribution in [3.63, 3.8) is 0 Å². The maximum absolute atomic E-state index is 14.0. The molecule has 5 atom stereocenters. The number of esters is 1. The summed E-state index contributed by atoms with van der Waals surface area (Å²) in [7, 11) is -5.96. The van der Waals surface area contributed by atoms with Crippen LogP contribution in [0.1, 0.15) is 84.3 Å². The van der Waals surface area contributed by atoms with Crippen LogP contribution in [0.15, 0.2) is 48.5 Å². The average molecular weight is 732 g/mol. The summed E-state index contributed by atoms with van der Waals surface area (Å²) in [4.78, 5) is 12.1. The second-order valence-corrected chi connectivity index (χ2v) is 19.4. The molecule has 6 rings (SSSR count). The van der Waals surface area contributed by atoms with Crippen molar-refractivity contribution in [2.24, 2.45) is 23.2 Å². The Morgan fingerprint density at radius 1 is 0.953 bits per heavy atom. The SMILES string of the molecule is CC(C)(C)c1ccc([I-]c2ccc(C(C)(C)CC3C4CC5CC(O)(C4)CC3(COC(=O)C(F)(F)S(=O)(=O)O)C5)cc2)cc1. The van der Waals surface area contributed by atoms with E-state index in [1.165, 1.54) is 12.7 Å². The molecule has 5 unspecified atom stereocenters. The molecule has 4 aliphatic carbocycles. The average Bonchev–Trinajstić information content (AvgIpc) is 2.88. The van der Waals surface area contributed by atoms with Crippen molar-refractivity contribution in [3.05, 3.63) is 66.8 Å².